The van der Waals surface area contributed by atoms with E-state index in [0.29, 0.717) is 5.06 Å². The highest BCUT2D eigenvalue weighted by atomic mass is 16.7. The summed E-state index contributed by atoms with van der Waals surface area (Å²) in [5, 5.41) is 0.406. The molecule has 132 valence electrons. The minimum absolute atomic E-state index is 0.146. The number of fused-ring (bicyclic) bond motifs is 1. The number of rotatable bonds is 4. The van der Waals surface area contributed by atoms with Crippen LogP contribution in [0.5, 0.6) is 0 Å². The standard InChI is InChI=1S/C18H14N2O6/c1-3-25-17(23)11-8-9-14(19-10(11)2)18(24)26-20-15(21)12-6-4-5-7-13(12)16(20)22/h4-9H,3H2,1-2H3. The highest BCUT2D eigenvalue weighted by Gasteiger charge is 2.39. The number of nitrogens with zero attached hydrogens (tertiary/aromatic N) is 2. The van der Waals surface area contributed by atoms with Gasteiger partial charge in [-0.2, -0.15) is 0 Å². The van der Waals surface area contributed by atoms with Gasteiger partial charge in [0.2, 0.25) is 0 Å². The van der Waals surface area contributed by atoms with E-state index in [1.165, 1.54) is 31.2 Å². The summed E-state index contributed by atoms with van der Waals surface area (Å²) in [5.41, 5.74) is 0.649. The van der Waals surface area contributed by atoms with Gasteiger partial charge in [0.15, 0.2) is 5.69 Å². The Hall–Kier alpha value is -3.55. The molecule has 0 saturated heterocycles. The molecular formula is C18H14N2O6. The number of hydrogen-bond acceptors (Lipinski definition) is 7. The highest BCUT2D eigenvalue weighted by Crippen LogP contribution is 2.23. The van der Waals surface area contributed by atoms with E-state index in [1.54, 1.807) is 19.1 Å². The molecule has 0 fully saturated rings. The molecule has 0 N–H and O–H groups in total. The summed E-state index contributed by atoms with van der Waals surface area (Å²) in [6.07, 6.45) is 0. The minimum Gasteiger partial charge on any atom is -0.462 e. The van der Waals surface area contributed by atoms with Gasteiger partial charge in [0.1, 0.15) is 0 Å². The summed E-state index contributed by atoms with van der Waals surface area (Å²) in [6, 6.07) is 8.79. The predicted octanol–water partition coefficient (Wildman–Crippen LogP) is 1.93. The Labute approximate surface area is 148 Å². The van der Waals surface area contributed by atoms with E-state index >= 15 is 0 Å². The van der Waals surface area contributed by atoms with Gasteiger partial charge in [-0.15, -0.1) is 0 Å². The van der Waals surface area contributed by atoms with Crippen LogP contribution in [0.15, 0.2) is 36.4 Å². The van der Waals surface area contributed by atoms with Crippen LogP contribution < -0.4 is 0 Å². The number of aromatic nitrogens is 1. The third-order valence-electron chi connectivity index (χ3n) is 3.72. The molecule has 0 unspecified atom stereocenters. The molecule has 3 rings (SSSR count). The maximum absolute atomic E-state index is 12.3. The second-order valence-corrected chi connectivity index (χ2v) is 5.38. The second-order valence-electron chi connectivity index (χ2n) is 5.38. The van der Waals surface area contributed by atoms with Gasteiger partial charge in [0, 0.05) is 0 Å². The van der Waals surface area contributed by atoms with Crippen molar-refractivity contribution in [2.75, 3.05) is 6.61 Å². The van der Waals surface area contributed by atoms with Crippen molar-refractivity contribution in [2.45, 2.75) is 13.8 Å². The van der Waals surface area contributed by atoms with Crippen molar-refractivity contribution in [3.8, 4) is 0 Å². The molecule has 0 aliphatic carbocycles. The molecule has 1 aliphatic heterocycles. The van der Waals surface area contributed by atoms with Crippen LogP contribution >= 0.6 is 0 Å². The monoisotopic (exact) mass is 354 g/mol. The van der Waals surface area contributed by atoms with Gasteiger partial charge < -0.3 is 9.57 Å². The fraction of sp³-hybridized carbons (Fsp3) is 0.167. The molecule has 1 aliphatic rings. The molecule has 2 amide bonds. The van der Waals surface area contributed by atoms with E-state index < -0.39 is 23.8 Å². The zero-order valence-corrected chi connectivity index (χ0v) is 14.0. The number of aryl methyl sites for hydroxylation is 1. The SMILES string of the molecule is CCOC(=O)c1ccc(C(=O)ON2C(=O)c3ccccc3C2=O)nc1C. The number of esters is 1. The summed E-state index contributed by atoms with van der Waals surface area (Å²) in [4.78, 5) is 57.3. The van der Waals surface area contributed by atoms with Crippen LogP contribution in [0.3, 0.4) is 0 Å². The van der Waals surface area contributed by atoms with E-state index in [2.05, 4.69) is 4.98 Å². The third-order valence-corrected chi connectivity index (χ3v) is 3.72. The predicted molar refractivity (Wildman–Crippen MR) is 87.3 cm³/mol. The van der Waals surface area contributed by atoms with Crippen molar-refractivity contribution < 1.29 is 28.8 Å². The van der Waals surface area contributed by atoms with Crippen molar-refractivity contribution in [1.29, 1.82) is 0 Å². The second kappa shape index (κ2) is 6.75. The van der Waals surface area contributed by atoms with Gasteiger partial charge in [-0.1, -0.05) is 17.2 Å². The zero-order valence-electron chi connectivity index (χ0n) is 14.0. The minimum atomic E-state index is -0.988. The van der Waals surface area contributed by atoms with Crippen molar-refractivity contribution >= 4 is 23.8 Å². The molecule has 0 spiro atoms. The molecule has 26 heavy (non-hydrogen) atoms. The van der Waals surface area contributed by atoms with Crippen LogP contribution in [-0.2, 0) is 9.57 Å². The first-order valence-electron chi connectivity index (χ1n) is 7.79. The summed E-state index contributed by atoms with van der Waals surface area (Å²) < 4.78 is 4.89. The normalized spacial score (nSPS) is 12.8. The number of ether oxygens (including phenoxy) is 1. The van der Waals surface area contributed by atoms with Crippen LogP contribution in [0, 0.1) is 6.92 Å². The molecule has 2 heterocycles. The van der Waals surface area contributed by atoms with E-state index in [0.717, 1.165) is 0 Å². The van der Waals surface area contributed by atoms with Gasteiger partial charge >= 0.3 is 11.9 Å². The van der Waals surface area contributed by atoms with Gasteiger partial charge in [0.05, 0.1) is 29.0 Å². The lowest BCUT2D eigenvalue weighted by Crippen LogP contribution is -2.33. The molecule has 0 atom stereocenters. The summed E-state index contributed by atoms with van der Waals surface area (Å²) in [5.74, 6) is -2.99. The Morgan fingerprint density at radius 1 is 1.00 bits per heavy atom. The fourth-order valence-corrected chi connectivity index (χ4v) is 2.48. The summed E-state index contributed by atoms with van der Waals surface area (Å²) >= 11 is 0. The van der Waals surface area contributed by atoms with Crippen molar-refractivity contribution in [3.63, 3.8) is 0 Å². The van der Waals surface area contributed by atoms with Crippen LogP contribution in [0.1, 0.15) is 54.2 Å². The van der Waals surface area contributed by atoms with E-state index in [1.807, 2.05) is 0 Å². The number of imide groups is 1. The highest BCUT2D eigenvalue weighted by molar-refractivity contribution is 6.21. The molecule has 1 aromatic carbocycles. The molecule has 8 heteroatoms. The maximum Gasteiger partial charge on any atom is 0.382 e. The Bertz CT molecular complexity index is 902. The quantitative estimate of drug-likeness (QED) is 0.610. The Kier molecular flexibility index (Phi) is 4.49. The van der Waals surface area contributed by atoms with Gasteiger partial charge in [-0.25, -0.2) is 14.6 Å². The topological polar surface area (TPSA) is 103 Å². The summed E-state index contributed by atoms with van der Waals surface area (Å²) in [7, 11) is 0. The molecule has 8 nitrogen and oxygen atoms in total. The lowest BCUT2D eigenvalue weighted by molar-refractivity contribution is -0.0588. The lowest BCUT2D eigenvalue weighted by atomic mass is 10.1. The van der Waals surface area contributed by atoms with Gasteiger partial charge in [-0.05, 0) is 38.1 Å². The number of carbonyl (C=O) groups is 4. The number of hydrogen-bond donors (Lipinski definition) is 0. The average molecular weight is 354 g/mol. The maximum atomic E-state index is 12.3. The van der Waals surface area contributed by atoms with E-state index in [9.17, 15) is 19.2 Å². The molecular weight excluding hydrogens is 340 g/mol. The van der Waals surface area contributed by atoms with Crippen LogP contribution in [0.2, 0.25) is 0 Å². The van der Waals surface area contributed by atoms with Gasteiger partial charge in [0.25, 0.3) is 11.8 Å². The van der Waals surface area contributed by atoms with E-state index in [4.69, 9.17) is 9.57 Å². The fourth-order valence-electron chi connectivity index (χ4n) is 2.48. The van der Waals surface area contributed by atoms with Crippen LogP contribution in [0.25, 0.3) is 0 Å². The molecule has 2 aromatic rings. The number of amides is 2. The van der Waals surface area contributed by atoms with E-state index in [-0.39, 0.29) is 34.7 Å². The summed E-state index contributed by atoms with van der Waals surface area (Å²) in [6.45, 7) is 3.42. The number of carbonyl (C=O) groups excluding carboxylic acids is 4. The van der Waals surface area contributed by atoms with Crippen molar-refractivity contribution in [2.24, 2.45) is 0 Å². The smallest absolute Gasteiger partial charge is 0.382 e. The Balaban J connectivity index is 1.79. The number of pyridine rings is 1. The number of hydroxylamine groups is 2. The zero-order chi connectivity index (χ0) is 18.8. The molecule has 1 aromatic heterocycles. The lowest BCUT2D eigenvalue weighted by Gasteiger charge is -2.13. The largest absolute Gasteiger partial charge is 0.462 e. The van der Waals surface area contributed by atoms with Crippen LogP contribution in [-0.4, -0.2) is 40.4 Å². The first-order chi connectivity index (χ1) is 12.4. The van der Waals surface area contributed by atoms with Crippen molar-refractivity contribution in [1.82, 2.24) is 10.0 Å². The van der Waals surface area contributed by atoms with Gasteiger partial charge in [-0.3, -0.25) is 9.59 Å². The van der Waals surface area contributed by atoms with Crippen LogP contribution in [0.4, 0.5) is 0 Å². The molecule has 0 saturated carbocycles. The third kappa shape index (κ3) is 2.92. The Morgan fingerprint density at radius 2 is 1.62 bits per heavy atom. The average Bonchev–Trinajstić information content (AvgIpc) is 2.87. The molecule has 0 bridgehead atoms. The molecule has 0 radical (unpaired) electrons. The first-order valence-corrected chi connectivity index (χ1v) is 7.79. The van der Waals surface area contributed by atoms with Crippen molar-refractivity contribution in [3.05, 3.63) is 64.5 Å². The Morgan fingerprint density at radius 3 is 2.15 bits per heavy atom. The first kappa shape index (κ1) is 17.3. The number of benzene rings is 1.